The normalized spacial score (nSPS) is 13.9. The van der Waals surface area contributed by atoms with Gasteiger partial charge in [0, 0.05) is 4.47 Å². The molecule has 0 radical (unpaired) electrons. The minimum atomic E-state index is -4.29. The van der Waals surface area contributed by atoms with Crippen LogP contribution in [0, 0.1) is 0 Å². The van der Waals surface area contributed by atoms with Crippen LogP contribution >= 0.6 is 27.5 Å². The van der Waals surface area contributed by atoms with Gasteiger partial charge in [-0.1, -0.05) is 22.0 Å². The topological polar surface area (TPSA) is 9.23 Å². The molecule has 0 fully saturated rings. The van der Waals surface area contributed by atoms with Crippen LogP contribution in [0.4, 0.5) is 17.6 Å². The van der Waals surface area contributed by atoms with Gasteiger partial charge >= 0.3 is 12.3 Å². The Morgan fingerprint density at radius 1 is 1.35 bits per heavy atom. The van der Waals surface area contributed by atoms with Crippen molar-refractivity contribution in [3.63, 3.8) is 0 Å². The average Bonchev–Trinajstić information content (AvgIpc) is 2.27. The van der Waals surface area contributed by atoms with E-state index in [-0.39, 0.29) is 10.0 Å². The maximum atomic E-state index is 13.1. The van der Waals surface area contributed by atoms with Gasteiger partial charge in [0.2, 0.25) is 0 Å². The molecule has 0 heterocycles. The van der Waals surface area contributed by atoms with Crippen LogP contribution in [0.25, 0.3) is 0 Å². The summed E-state index contributed by atoms with van der Waals surface area (Å²) in [7, 11) is 1.40. The molecule has 1 nitrogen and oxygen atoms in total. The first kappa shape index (κ1) is 14.6. The molecule has 0 aliphatic heterocycles. The third-order valence-corrected chi connectivity index (χ3v) is 3.32. The number of rotatable bonds is 4. The second kappa shape index (κ2) is 5.44. The molecule has 1 aromatic rings. The summed E-state index contributed by atoms with van der Waals surface area (Å²) in [6.07, 6.45) is -3.82. The summed E-state index contributed by atoms with van der Waals surface area (Å²) >= 11 is 8.38. The number of benzene rings is 1. The van der Waals surface area contributed by atoms with E-state index in [9.17, 15) is 17.6 Å². The van der Waals surface area contributed by atoms with Gasteiger partial charge in [-0.25, -0.2) is 8.78 Å². The van der Waals surface area contributed by atoms with Crippen LogP contribution in [0.15, 0.2) is 22.7 Å². The standard InChI is InChI=1S/C10H8BrClF4O/c1-17-5-2-3-6(7(11)4-5)8(12)10(15,16)9(13)14/h2-4,8-9H,1H3. The Kier molecular flexibility index (Phi) is 4.66. The van der Waals surface area contributed by atoms with Gasteiger partial charge in [0.15, 0.2) is 0 Å². The zero-order valence-electron chi connectivity index (χ0n) is 8.56. The van der Waals surface area contributed by atoms with E-state index in [1.54, 1.807) is 0 Å². The Morgan fingerprint density at radius 2 is 1.94 bits per heavy atom. The van der Waals surface area contributed by atoms with Gasteiger partial charge in [0.25, 0.3) is 0 Å². The van der Waals surface area contributed by atoms with E-state index in [0.29, 0.717) is 5.75 Å². The van der Waals surface area contributed by atoms with Crippen molar-refractivity contribution in [3.8, 4) is 5.75 Å². The van der Waals surface area contributed by atoms with E-state index in [1.807, 2.05) is 0 Å². The van der Waals surface area contributed by atoms with Gasteiger partial charge in [-0.15, -0.1) is 11.6 Å². The Bertz CT molecular complexity index is 400. The third kappa shape index (κ3) is 3.04. The van der Waals surface area contributed by atoms with E-state index >= 15 is 0 Å². The van der Waals surface area contributed by atoms with Gasteiger partial charge < -0.3 is 4.74 Å². The fourth-order valence-electron chi connectivity index (χ4n) is 1.16. The molecule has 0 saturated heterocycles. The van der Waals surface area contributed by atoms with E-state index in [2.05, 4.69) is 15.9 Å². The lowest BCUT2D eigenvalue weighted by Crippen LogP contribution is -2.31. The number of hydrogen-bond donors (Lipinski definition) is 0. The highest BCUT2D eigenvalue weighted by Gasteiger charge is 2.49. The summed E-state index contributed by atoms with van der Waals surface area (Å²) in [5.74, 6) is -3.89. The smallest absolute Gasteiger partial charge is 0.327 e. The van der Waals surface area contributed by atoms with Gasteiger partial charge in [0.05, 0.1) is 7.11 Å². The Hall–Kier alpha value is -0.490. The highest BCUT2D eigenvalue weighted by atomic mass is 79.9. The fourth-order valence-corrected chi connectivity index (χ4v) is 2.16. The second-order valence-electron chi connectivity index (χ2n) is 3.23. The predicted molar refractivity (Wildman–Crippen MR) is 60.2 cm³/mol. The molecule has 0 aromatic heterocycles. The molecule has 0 spiro atoms. The van der Waals surface area contributed by atoms with Crippen molar-refractivity contribution in [2.75, 3.05) is 7.11 Å². The quantitative estimate of drug-likeness (QED) is 0.575. The Labute approximate surface area is 109 Å². The first-order valence-corrected chi connectivity index (χ1v) is 5.67. The van der Waals surface area contributed by atoms with E-state index in [1.165, 1.54) is 25.3 Å². The van der Waals surface area contributed by atoms with Gasteiger partial charge in [0.1, 0.15) is 11.1 Å². The second-order valence-corrected chi connectivity index (χ2v) is 4.52. The van der Waals surface area contributed by atoms with Crippen LogP contribution < -0.4 is 4.74 Å². The summed E-state index contributed by atoms with van der Waals surface area (Å²) in [6.45, 7) is 0. The summed E-state index contributed by atoms with van der Waals surface area (Å²) in [5.41, 5.74) is -0.113. The Balaban J connectivity index is 3.08. The highest BCUT2D eigenvalue weighted by molar-refractivity contribution is 9.10. The molecular formula is C10H8BrClF4O. The predicted octanol–water partition coefficient (Wildman–Crippen LogP) is 4.64. The molecule has 0 N–H and O–H groups in total. The molecule has 1 rings (SSSR count). The van der Waals surface area contributed by atoms with Crippen LogP contribution in [-0.2, 0) is 0 Å². The van der Waals surface area contributed by atoms with Gasteiger partial charge in [-0.2, -0.15) is 8.78 Å². The van der Waals surface area contributed by atoms with Crippen molar-refractivity contribution >= 4 is 27.5 Å². The minimum absolute atomic E-state index is 0.113. The number of alkyl halides is 5. The van der Waals surface area contributed by atoms with E-state index in [0.717, 1.165) is 0 Å². The van der Waals surface area contributed by atoms with Crippen molar-refractivity contribution in [1.82, 2.24) is 0 Å². The lowest BCUT2D eigenvalue weighted by atomic mass is 10.1. The minimum Gasteiger partial charge on any atom is -0.497 e. The third-order valence-electron chi connectivity index (χ3n) is 2.11. The van der Waals surface area contributed by atoms with Crippen LogP contribution in [0.5, 0.6) is 5.75 Å². The molecule has 96 valence electrons. The molecule has 7 heteroatoms. The molecular weight excluding hydrogens is 327 g/mol. The molecule has 1 atom stereocenters. The first-order valence-electron chi connectivity index (χ1n) is 4.44. The lowest BCUT2D eigenvalue weighted by molar-refractivity contribution is -0.130. The highest BCUT2D eigenvalue weighted by Crippen LogP contribution is 2.44. The zero-order chi connectivity index (χ0) is 13.2. The molecule has 0 aliphatic rings. The molecule has 1 unspecified atom stereocenters. The first-order chi connectivity index (χ1) is 7.80. The monoisotopic (exact) mass is 334 g/mol. The summed E-state index contributed by atoms with van der Waals surface area (Å²) in [5, 5.41) is -2.11. The zero-order valence-corrected chi connectivity index (χ0v) is 10.9. The van der Waals surface area contributed by atoms with E-state index in [4.69, 9.17) is 16.3 Å². The molecule has 0 amide bonds. The van der Waals surface area contributed by atoms with Gasteiger partial charge in [-0.05, 0) is 17.7 Å². The van der Waals surface area contributed by atoms with Crippen molar-refractivity contribution in [3.05, 3.63) is 28.2 Å². The molecule has 0 saturated carbocycles. The molecule has 1 aromatic carbocycles. The number of methoxy groups -OCH3 is 1. The average molecular weight is 336 g/mol. The number of halogens is 6. The molecule has 0 bridgehead atoms. The van der Waals surface area contributed by atoms with Crippen molar-refractivity contribution < 1.29 is 22.3 Å². The van der Waals surface area contributed by atoms with Crippen molar-refractivity contribution in [2.24, 2.45) is 0 Å². The van der Waals surface area contributed by atoms with Crippen molar-refractivity contribution in [2.45, 2.75) is 17.7 Å². The van der Waals surface area contributed by atoms with Crippen LogP contribution in [0.2, 0.25) is 0 Å². The van der Waals surface area contributed by atoms with Crippen LogP contribution in [0.3, 0.4) is 0 Å². The van der Waals surface area contributed by atoms with Crippen LogP contribution in [-0.4, -0.2) is 19.5 Å². The maximum absolute atomic E-state index is 13.1. The van der Waals surface area contributed by atoms with E-state index < -0.39 is 17.7 Å². The van der Waals surface area contributed by atoms with Gasteiger partial charge in [-0.3, -0.25) is 0 Å². The molecule has 17 heavy (non-hydrogen) atoms. The summed E-state index contributed by atoms with van der Waals surface area (Å²) in [4.78, 5) is 0. The largest absolute Gasteiger partial charge is 0.497 e. The SMILES string of the molecule is COc1ccc(C(Cl)C(F)(F)C(F)F)c(Br)c1. The maximum Gasteiger partial charge on any atom is 0.327 e. The van der Waals surface area contributed by atoms with Crippen LogP contribution in [0.1, 0.15) is 10.9 Å². The lowest BCUT2D eigenvalue weighted by Gasteiger charge is -2.22. The summed E-state index contributed by atoms with van der Waals surface area (Å²) in [6, 6.07) is 3.97. The fraction of sp³-hybridized carbons (Fsp3) is 0.400. The summed E-state index contributed by atoms with van der Waals surface area (Å²) < 4.78 is 55.5. The number of ether oxygens (including phenoxy) is 1. The number of hydrogen-bond acceptors (Lipinski definition) is 1. The van der Waals surface area contributed by atoms with Crippen molar-refractivity contribution in [1.29, 1.82) is 0 Å². The Morgan fingerprint density at radius 3 is 2.35 bits per heavy atom. The molecule has 0 aliphatic carbocycles.